The first-order valence-electron chi connectivity index (χ1n) is 6.48. The second-order valence-corrected chi connectivity index (χ2v) is 5.55. The van der Waals surface area contributed by atoms with Crippen molar-refractivity contribution >= 4 is 11.9 Å². The Hall–Kier alpha value is -1.88. The molecule has 0 spiro atoms. The number of carbonyl (C=O) groups excluding carboxylic acids is 1. The van der Waals surface area contributed by atoms with Crippen LogP contribution < -0.4 is 5.32 Å². The highest BCUT2D eigenvalue weighted by Gasteiger charge is 2.21. The number of rotatable bonds is 6. The summed E-state index contributed by atoms with van der Waals surface area (Å²) < 4.78 is 5.32. The van der Waals surface area contributed by atoms with Crippen LogP contribution in [0.25, 0.3) is 0 Å². The van der Waals surface area contributed by atoms with Gasteiger partial charge in [0.25, 0.3) is 0 Å². The highest BCUT2D eigenvalue weighted by atomic mass is 16.5. The van der Waals surface area contributed by atoms with Crippen molar-refractivity contribution in [1.82, 2.24) is 5.32 Å². The Bertz CT molecular complexity index is 451. The molecular weight excluding hydrogens is 258 g/mol. The molecule has 0 unspecified atom stereocenters. The molecular formula is C15H21NO4. The average Bonchev–Trinajstić information content (AvgIpc) is 2.36. The number of ether oxygens (including phenoxy) is 1. The molecule has 110 valence electrons. The van der Waals surface area contributed by atoms with E-state index in [0.29, 0.717) is 0 Å². The van der Waals surface area contributed by atoms with Crippen LogP contribution in [0.3, 0.4) is 0 Å². The van der Waals surface area contributed by atoms with Crippen molar-refractivity contribution in [3.8, 4) is 0 Å². The van der Waals surface area contributed by atoms with Crippen molar-refractivity contribution in [1.29, 1.82) is 0 Å². The first-order valence-corrected chi connectivity index (χ1v) is 6.48. The fourth-order valence-corrected chi connectivity index (χ4v) is 1.57. The van der Waals surface area contributed by atoms with E-state index >= 15 is 0 Å². The molecule has 0 bridgehead atoms. The predicted octanol–water partition coefficient (Wildman–Crippen LogP) is 1.61. The van der Waals surface area contributed by atoms with E-state index in [-0.39, 0.29) is 13.0 Å². The van der Waals surface area contributed by atoms with Crippen molar-refractivity contribution in [2.24, 2.45) is 0 Å². The molecule has 0 heterocycles. The molecule has 1 atom stereocenters. The van der Waals surface area contributed by atoms with Gasteiger partial charge < -0.3 is 15.2 Å². The molecule has 1 amide bonds. The van der Waals surface area contributed by atoms with E-state index in [2.05, 4.69) is 5.32 Å². The maximum atomic E-state index is 11.7. The summed E-state index contributed by atoms with van der Waals surface area (Å²) in [6.07, 6.45) is 0.247. The van der Waals surface area contributed by atoms with E-state index in [4.69, 9.17) is 9.84 Å². The van der Waals surface area contributed by atoms with E-state index in [1.165, 1.54) is 0 Å². The minimum absolute atomic E-state index is 0.151. The zero-order chi connectivity index (χ0) is 15.2. The molecule has 0 aliphatic rings. The van der Waals surface area contributed by atoms with Crippen molar-refractivity contribution in [2.75, 3.05) is 6.61 Å². The number of nitrogens with one attached hydrogen (secondary N) is 1. The summed E-state index contributed by atoms with van der Waals surface area (Å²) in [6, 6.07) is 8.22. The molecule has 5 heteroatoms. The van der Waals surface area contributed by atoms with Gasteiger partial charge in [0.2, 0.25) is 5.91 Å². The second-order valence-electron chi connectivity index (χ2n) is 5.55. The normalized spacial score (nSPS) is 12.8. The van der Waals surface area contributed by atoms with Gasteiger partial charge in [-0.2, -0.15) is 0 Å². The smallest absolute Gasteiger partial charge is 0.326 e. The van der Waals surface area contributed by atoms with Crippen LogP contribution >= 0.6 is 0 Å². The van der Waals surface area contributed by atoms with Crippen molar-refractivity contribution in [2.45, 2.75) is 38.8 Å². The predicted molar refractivity (Wildman–Crippen MR) is 75.4 cm³/mol. The molecule has 0 aliphatic heterocycles. The molecule has 2 N–H and O–H groups in total. The molecule has 20 heavy (non-hydrogen) atoms. The lowest BCUT2D eigenvalue weighted by atomic mass is 10.1. The summed E-state index contributed by atoms with van der Waals surface area (Å²) in [5.74, 6) is -1.48. The molecule has 1 aromatic rings. The molecule has 0 saturated carbocycles. The van der Waals surface area contributed by atoms with E-state index in [1.807, 2.05) is 51.1 Å². The molecule has 0 saturated heterocycles. The largest absolute Gasteiger partial charge is 0.480 e. The summed E-state index contributed by atoms with van der Waals surface area (Å²) in [4.78, 5) is 22.9. The molecule has 1 rings (SSSR count). The lowest BCUT2D eigenvalue weighted by Gasteiger charge is -2.20. The third kappa shape index (κ3) is 6.33. The minimum atomic E-state index is -1.06. The van der Waals surface area contributed by atoms with Gasteiger partial charge in [-0.1, -0.05) is 30.3 Å². The highest BCUT2D eigenvalue weighted by molar-refractivity contribution is 5.84. The average molecular weight is 279 g/mol. The Morgan fingerprint density at radius 2 is 1.85 bits per heavy atom. The van der Waals surface area contributed by atoms with Crippen LogP contribution in [0, 0.1) is 0 Å². The third-order valence-corrected chi connectivity index (χ3v) is 2.55. The standard InChI is InChI=1S/C15H21NO4/c1-15(2,3)20-10-13(17)16-12(14(18)19)9-11-7-5-4-6-8-11/h4-8,12H,9-10H2,1-3H3,(H,16,17)(H,18,19)/t12-/m0/s1. The van der Waals surface area contributed by atoms with Crippen LogP contribution in [-0.2, 0) is 20.7 Å². The fourth-order valence-electron chi connectivity index (χ4n) is 1.57. The number of hydrogen-bond donors (Lipinski definition) is 2. The zero-order valence-corrected chi connectivity index (χ0v) is 12.1. The summed E-state index contributed by atoms with van der Waals surface area (Å²) in [5, 5.41) is 11.6. The number of carboxylic acid groups (broad SMARTS) is 1. The summed E-state index contributed by atoms with van der Waals surface area (Å²) >= 11 is 0. The highest BCUT2D eigenvalue weighted by Crippen LogP contribution is 2.06. The first kappa shape index (κ1) is 16.2. The van der Waals surface area contributed by atoms with Gasteiger partial charge in [0, 0.05) is 6.42 Å². The lowest BCUT2D eigenvalue weighted by molar-refractivity contribution is -0.143. The van der Waals surface area contributed by atoms with Crippen LogP contribution in [0.1, 0.15) is 26.3 Å². The van der Waals surface area contributed by atoms with Crippen LogP contribution in [0.4, 0.5) is 0 Å². The van der Waals surface area contributed by atoms with Crippen LogP contribution in [0.5, 0.6) is 0 Å². The van der Waals surface area contributed by atoms with Gasteiger partial charge in [-0.15, -0.1) is 0 Å². The molecule has 5 nitrogen and oxygen atoms in total. The number of amides is 1. The van der Waals surface area contributed by atoms with Gasteiger partial charge in [0.15, 0.2) is 0 Å². The van der Waals surface area contributed by atoms with Gasteiger partial charge in [-0.3, -0.25) is 4.79 Å². The Labute approximate surface area is 118 Å². The number of benzene rings is 1. The summed E-state index contributed by atoms with van der Waals surface area (Å²) in [5.41, 5.74) is 0.423. The lowest BCUT2D eigenvalue weighted by Crippen LogP contribution is -2.44. The molecule has 0 aliphatic carbocycles. The Morgan fingerprint density at radius 3 is 2.35 bits per heavy atom. The SMILES string of the molecule is CC(C)(C)OCC(=O)N[C@@H](Cc1ccccc1)C(=O)O. The number of hydrogen-bond acceptors (Lipinski definition) is 3. The monoisotopic (exact) mass is 279 g/mol. The maximum absolute atomic E-state index is 11.7. The number of carbonyl (C=O) groups is 2. The Balaban J connectivity index is 2.55. The van der Waals surface area contributed by atoms with Crippen molar-refractivity contribution in [3.05, 3.63) is 35.9 Å². The van der Waals surface area contributed by atoms with E-state index in [0.717, 1.165) is 5.56 Å². The minimum Gasteiger partial charge on any atom is -0.480 e. The van der Waals surface area contributed by atoms with Gasteiger partial charge in [-0.05, 0) is 26.3 Å². The Kier molecular flexibility index (Phi) is 5.70. The van der Waals surface area contributed by atoms with Crippen molar-refractivity contribution in [3.63, 3.8) is 0 Å². The van der Waals surface area contributed by atoms with Crippen molar-refractivity contribution < 1.29 is 19.4 Å². The number of aliphatic carboxylic acids is 1. The van der Waals surface area contributed by atoms with Gasteiger partial charge in [-0.25, -0.2) is 4.79 Å². The summed E-state index contributed by atoms with van der Waals surface area (Å²) in [7, 11) is 0. The van der Waals surface area contributed by atoms with E-state index < -0.39 is 23.5 Å². The zero-order valence-electron chi connectivity index (χ0n) is 12.1. The van der Waals surface area contributed by atoms with E-state index in [1.54, 1.807) is 0 Å². The Morgan fingerprint density at radius 1 is 1.25 bits per heavy atom. The quantitative estimate of drug-likeness (QED) is 0.829. The van der Waals surface area contributed by atoms with Crippen LogP contribution in [0.15, 0.2) is 30.3 Å². The fraction of sp³-hybridized carbons (Fsp3) is 0.467. The van der Waals surface area contributed by atoms with E-state index in [9.17, 15) is 9.59 Å². The molecule has 0 fully saturated rings. The summed E-state index contributed by atoms with van der Waals surface area (Å²) in [6.45, 7) is 5.35. The van der Waals surface area contributed by atoms with Crippen LogP contribution in [-0.4, -0.2) is 35.2 Å². The first-order chi connectivity index (χ1) is 9.28. The molecule has 0 radical (unpaired) electrons. The van der Waals surface area contributed by atoms with Gasteiger partial charge >= 0.3 is 5.97 Å². The van der Waals surface area contributed by atoms with Crippen LogP contribution in [0.2, 0.25) is 0 Å². The topological polar surface area (TPSA) is 75.6 Å². The number of carboxylic acids is 1. The maximum Gasteiger partial charge on any atom is 0.326 e. The van der Waals surface area contributed by atoms with Gasteiger partial charge in [0.1, 0.15) is 12.6 Å². The third-order valence-electron chi connectivity index (χ3n) is 2.55. The second kappa shape index (κ2) is 7.05. The molecule has 0 aromatic heterocycles. The molecule has 1 aromatic carbocycles. The van der Waals surface area contributed by atoms with Gasteiger partial charge in [0.05, 0.1) is 5.60 Å².